The molecule has 0 bridgehead atoms. The Bertz CT molecular complexity index is 149. The maximum absolute atomic E-state index is 13.1. The molecule has 1 aliphatic heterocycles. The first kappa shape index (κ1) is 10.8. The second-order valence-corrected chi connectivity index (χ2v) is 3.27. The number of hydrogen-bond acceptors (Lipinski definition) is 3. The molecule has 1 aliphatic rings. The highest BCUT2D eigenvalue weighted by Gasteiger charge is 2.31. The molecule has 0 amide bonds. The first-order chi connectivity index (χ1) is 6.14. The number of alkyl halides is 2. The van der Waals surface area contributed by atoms with Gasteiger partial charge in [0.25, 0.3) is 5.92 Å². The zero-order valence-corrected chi connectivity index (χ0v) is 7.85. The fourth-order valence-electron chi connectivity index (χ4n) is 1.40. The van der Waals surface area contributed by atoms with E-state index in [2.05, 4.69) is 5.32 Å². The van der Waals surface area contributed by atoms with Crippen molar-refractivity contribution in [3.63, 3.8) is 0 Å². The molecule has 1 heterocycles. The van der Waals surface area contributed by atoms with Crippen molar-refractivity contribution in [2.75, 3.05) is 46.4 Å². The fraction of sp³-hybridized carbons (Fsp3) is 1.00. The van der Waals surface area contributed by atoms with E-state index in [0.717, 1.165) is 0 Å². The van der Waals surface area contributed by atoms with Gasteiger partial charge in [-0.2, -0.15) is 0 Å². The predicted octanol–water partition coefficient (Wildman–Crippen LogP) is 0.173. The van der Waals surface area contributed by atoms with Crippen molar-refractivity contribution in [2.24, 2.45) is 0 Å². The van der Waals surface area contributed by atoms with Crippen LogP contribution < -0.4 is 5.32 Å². The summed E-state index contributed by atoms with van der Waals surface area (Å²) in [5.74, 6) is -2.63. The van der Waals surface area contributed by atoms with E-state index in [4.69, 9.17) is 4.74 Å². The molecule has 13 heavy (non-hydrogen) atoms. The summed E-state index contributed by atoms with van der Waals surface area (Å²) in [5, 5.41) is 2.49. The van der Waals surface area contributed by atoms with Gasteiger partial charge in [0.15, 0.2) is 0 Å². The van der Waals surface area contributed by atoms with E-state index in [1.54, 1.807) is 4.90 Å². The highest BCUT2D eigenvalue weighted by atomic mass is 19.3. The Morgan fingerprint density at radius 2 is 2.00 bits per heavy atom. The first-order valence-corrected chi connectivity index (χ1v) is 4.46. The van der Waals surface area contributed by atoms with Crippen molar-refractivity contribution in [1.82, 2.24) is 10.2 Å². The van der Waals surface area contributed by atoms with Crippen LogP contribution in [0.1, 0.15) is 0 Å². The van der Waals surface area contributed by atoms with E-state index in [1.807, 2.05) is 0 Å². The SMILES string of the molecule is CNCC(F)(F)CN1CCOCC1. The molecular weight excluding hydrogens is 178 g/mol. The van der Waals surface area contributed by atoms with Gasteiger partial charge < -0.3 is 10.1 Å². The van der Waals surface area contributed by atoms with E-state index < -0.39 is 5.92 Å². The lowest BCUT2D eigenvalue weighted by molar-refractivity contribution is -0.0543. The Kier molecular flexibility index (Phi) is 4.02. The lowest BCUT2D eigenvalue weighted by Gasteiger charge is -2.30. The Hall–Kier alpha value is -0.260. The number of hydrogen-bond donors (Lipinski definition) is 1. The van der Waals surface area contributed by atoms with E-state index in [9.17, 15) is 8.78 Å². The van der Waals surface area contributed by atoms with Crippen molar-refractivity contribution in [1.29, 1.82) is 0 Å². The van der Waals surface area contributed by atoms with E-state index in [0.29, 0.717) is 26.3 Å². The first-order valence-electron chi connectivity index (χ1n) is 4.46. The van der Waals surface area contributed by atoms with Crippen LogP contribution in [0.4, 0.5) is 8.78 Å². The summed E-state index contributed by atoms with van der Waals surface area (Å²) < 4.78 is 31.2. The Balaban J connectivity index is 2.28. The van der Waals surface area contributed by atoms with Crippen LogP contribution in [0.15, 0.2) is 0 Å². The Morgan fingerprint density at radius 3 is 2.54 bits per heavy atom. The van der Waals surface area contributed by atoms with Gasteiger partial charge in [-0.15, -0.1) is 0 Å². The molecule has 1 saturated heterocycles. The van der Waals surface area contributed by atoms with Gasteiger partial charge >= 0.3 is 0 Å². The molecule has 0 unspecified atom stereocenters. The lowest BCUT2D eigenvalue weighted by Crippen LogP contribution is -2.46. The second-order valence-electron chi connectivity index (χ2n) is 3.27. The minimum Gasteiger partial charge on any atom is -0.379 e. The highest BCUT2D eigenvalue weighted by Crippen LogP contribution is 2.14. The number of halogens is 2. The lowest BCUT2D eigenvalue weighted by atomic mass is 10.3. The monoisotopic (exact) mass is 194 g/mol. The normalized spacial score (nSPS) is 20.5. The summed E-state index contributed by atoms with van der Waals surface area (Å²) in [5.41, 5.74) is 0. The van der Waals surface area contributed by atoms with E-state index >= 15 is 0 Å². The molecule has 0 saturated carbocycles. The number of nitrogens with zero attached hydrogens (tertiary/aromatic N) is 1. The van der Waals surface area contributed by atoms with Crippen molar-refractivity contribution in [3.8, 4) is 0 Å². The van der Waals surface area contributed by atoms with Crippen LogP contribution >= 0.6 is 0 Å². The van der Waals surface area contributed by atoms with Crippen LogP contribution in [0.25, 0.3) is 0 Å². The van der Waals surface area contributed by atoms with Gasteiger partial charge in [0.1, 0.15) is 0 Å². The molecule has 3 nitrogen and oxygen atoms in total. The molecule has 0 aromatic carbocycles. The fourth-order valence-corrected chi connectivity index (χ4v) is 1.40. The molecule has 1 N–H and O–H groups in total. The third-order valence-corrected chi connectivity index (χ3v) is 1.99. The van der Waals surface area contributed by atoms with E-state index in [-0.39, 0.29) is 13.1 Å². The molecule has 0 aromatic heterocycles. The van der Waals surface area contributed by atoms with Crippen LogP contribution in [0, 0.1) is 0 Å². The minimum absolute atomic E-state index is 0.169. The van der Waals surface area contributed by atoms with Gasteiger partial charge in [-0.3, -0.25) is 4.90 Å². The van der Waals surface area contributed by atoms with Gasteiger partial charge in [-0.25, -0.2) is 8.78 Å². The molecule has 1 fully saturated rings. The van der Waals surface area contributed by atoms with Gasteiger partial charge in [0.05, 0.1) is 26.3 Å². The maximum atomic E-state index is 13.1. The standard InChI is InChI=1S/C8H16F2N2O/c1-11-6-8(9,10)7-12-2-4-13-5-3-12/h11H,2-7H2,1H3. The number of nitrogens with one attached hydrogen (secondary N) is 1. The Labute approximate surface area is 77.0 Å². The van der Waals surface area contributed by atoms with Crippen LogP contribution in [-0.4, -0.2) is 57.3 Å². The second kappa shape index (κ2) is 4.83. The molecule has 0 aliphatic carbocycles. The van der Waals surface area contributed by atoms with Crippen molar-refractivity contribution < 1.29 is 13.5 Å². The van der Waals surface area contributed by atoms with Gasteiger partial charge in [0.2, 0.25) is 0 Å². The van der Waals surface area contributed by atoms with Gasteiger partial charge in [-0.05, 0) is 7.05 Å². The molecule has 0 atom stereocenters. The molecule has 1 rings (SSSR count). The molecule has 0 radical (unpaired) electrons. The van der Waals surface area contributed by atoms with Gasteiger partial charge in [0, 0.05) is 13.1 Å². The zero-order chi connectivity index (χ0) is 9.73. The number of morpholine rings is 1. The van der Waals surface area contributed by atoms with E-state index in [1.165, 1.54) is 7.05 Å². The van der Waals surface area contributed by atoms with Crippen molar-refractivity contribution in [3.05, 3.63) is 0 Å². The van der Waals surface area contributed by atoms with Crippen LogP contribution in [0.2, 0.25) is 0 Å². The summed E-state index contributed by atoms with van der Waals surface area (Å²) in [4.78, 5) is 1.74. The van der Waals surface area contributed by atoms with Crippen LogP contribution in [-0.2, 0) is 4.74 Å². The summed E-state index contributed by atoms with van der Waals surface area (Å²) in [6.07, 6.45) is 0. The van der Waals surface area contributed by atoms with Crippen molar-refractivity contribution in [2.45, 2.75) is 5.92 Å². The molecule has 0 spiro atoms. The topological polar surface area (TPSA) is 24.5 Å². The maximum Gasteiger partial charge on any atom is 0.272 e. The van der Waals surface area contributed by atoms with Crippen molar-refractivity contribution >= 4 is 0 Å². The highest BCUT2D eigenvalue weighted by molar-refractivity contribution is 4.75. The largest absolute Gasteiger partial charge is 0.379 e. The molecule has 5 heteroatoms. The smallest absolute Gasteiger partial charge is 0.272 e. The average Bonchev–Trinajstić information content (AvgIpc) is 2.04. The third kappa shape index (κ3) is 3.97. The summed E-state index contributed by atoms with van der Waals surface area (Å²) in [6.45, 7) is 1.92. The molecular formula is C8H16F2N2O. The Morgan fingerprint density at radius 1 is 1.38 bits per heavy atom. The molecule has 0 aromatic rings. The average molecular weight is 194 g/mol. The third-order valence-electron chi connectivity index (χ3n) is 1.99. The quantitative estimate of drug-likeness (QED) is 0.690. The number of rotatable bonds is 4. The van der Waals surface area contributed by atoms with Gasteiger partial charge in [-0.1, -0.05) is 0 Å². The summed E-state index contributed by atoms with van der Waals surface area (Å²) in [7, 11) is 1.53. The summed E-state index contributed by atoms with van der Waals surface area (Å²) >= 11 is 0. The minimum atomic E-state index is -2.63. The van der Waals surface area contributed by atoms with Crippen LogP contribution in [0.3, 0.4) is 0 Å². The molecule has 78 valence electrons. The van der Waals surface area contributed by atoms with Crippen LogP contribution in [0.5, 0.6) is 0 Å². The number of ether oxygens (including phenoxy) is 1. The zero-order valence-electron chi connectivity index (χ0n) is 7.85. The predicted molar refractivity (Wildman–Crippen MR) is 46.1 cm³/mol. The summed E-state index contributed by atoms with van der Waals surface area (Å²) in [6, 6.07) is 0.